The number of methoxy groups -OCH3 is 3. The zero-order valence-electron chi connectivity index (χ0n) is 13.7. The Labute approximate surface area is 135 Å². The number of esters is 1. The molecule has 7 nitrogen and oxygen atoms in total. The van der Waals surface area contributed by atoms with Crippen molar-refractivity contribution in [2.24, 2.45) is 0 Å². The molecule has 0 saturated heterocycles. The van der Waals surface area contributed by atoms with Gasteiger partial charge in [-0.25, -0.2) is 0 Å². The first-order valence-electron chi connectivity index (χ1n) is 7.26. The SMILES string of the molecule is COC(=O)CCN(CCCO)C(=O)c1ccc(OC)c(OC)c1. The zero-order valence-corrected chi connectivity index (χ0v) is 13.7. The average Bonchev–Trinajstić information content (AvgIpc) is 2.60. The molecule has 1 aromatic rings. The predicted octanol–water partition coefficient (Wildman–Crippen LogP) is 1.09. The van der Waals surface area contributed by atoms with Crippen LogP contribution < -0.4 is 9.47 Å². The Morgan fingerprint density at radius 3 is 2.35 bits per heavy atom. The molecule has 23 heavy (non-hydrogen) atoms. The van der Waals surface area contributed by atoms with Crippen molar-refractivity contribution in [1.29, 1.82) is 0 Å². The summed E-state index contributed by atoms with van der Waals surface area (Å²) >= 11 is 0. The number of benzene rings is 1. The van der Waals surface area contributed by atoms with Gasteiger partial charge < -0.3 is 24.2 Å². The van der Waals surface area contributed by atoms with Gasteiger partial charge in [0.1, 0.15) is 0 Å². The van der Waals surface area contributed by atoms with Crippen LogP contribution in [0.3, 0.4) is 0 Å². The minimum Gasteiger partial charge on any atom is -0.493 e. The number of aliphatic hydroxyl groups excluding tert-OH is 1. The Bertz CT molecular complexity index is 531. The summed E-state index contributed by atoms with van der Waals surface area (Å²) in [6.45, 7) is 0.536. The maximum atomic E-state index is 12.6. The smallest absolute Gasteiger partial charge is 0.307 e. The molecule has 0 radical (unpaired) electrons. The van der Waals surface area contributed by atoms with Crippen LogP contribution in [-0.4, -0.2) is 62.9 Å². The highest BCUT2D eigenvalue weighted by Gasteiger charge is 2.18. The summed E-state index contributed by atoms with van der Waals surface area (Å²) in [7, 11) is 4.31. The molecule has 0 heterocycles. The van der Waals surface area contributed by atoms with Crippen LogP contribution in [0.25, 0.3) is 0 Å². The van der Waals surface area contributed by atoms with Gasteiger partial charge in [0.05, 0.1) is 27.8 Å². The van der Waals surface area contributed by atoms with Crippen LogP contribution in [0, 0.1) is 0 Å². The van der Waals surface area contributed by atoms with Crippen LogP contribution in [0.4, 0.5) is 0 Å². The summed E-state index contributed by atoms with van der Waals surface area (Å²) in [5.41, 5.74) is 0.422. The molecule has 0 aromatic heterocycles. The summed E-state index contributed by atoms with van der Waals surface area (Å²) in [4.78, 5) is 25.4. The largest absolute Gasteiger partial charge is 0.493 e. The first-order valence-corrected chi connectivity index (χ1v) is 7.26. The van der Waals surface area contributed by atoms with Crippen LogP contribution in [0.2, 0.25) is 0 Å². The molecule has 0 bridgehead atoms. The first kappa shape index (κ1) is 18.8. The second-order valence-corrected chi connectivity index (χ2v) is 4.77. The molecule has 0 aliphatic rings. The van der Waals surface area contributed by atoms with Gasteiger partial charge in [-0.2, -0.15) is 0 Å². The molecular weight excluding hydrogens is 302 g/mol. The minimum absolute atomic E-state index is 0.0338. The van der Waals surface area contributed by atoms with E-state index < -0.39 is 0 Å². The highest BCUT2D eigenvalue weighted by atomic mass is 16.5. The summed E-state index contributed by atoms with van der Waals surface area (Å²) in [5.74, 6) is 0.344. The van der Waals surface area contributed by atoms with Gasteiger partial charge in [-0.05, 0) is 24.6 Å². The van der Waals surface area contributed by atoms with Gasteiger partial charge in [-0.1, -0.05) is 0 Å². The highest BCUT2D eigenvalue weighted by molar-refractivity contribution is 5.95. The Morgan fingerprint density at radius 1 is 1.09 bits per heavy atom. The molecule has 1 N–H and O–H groups in total. The predicted molar refractivity (Wildman–Crippen MR) is 83.8 cm³/mol. The Balaban J connectivity index is 2.91. The van der Waals surface area contributed by atoms with Gasteiger partial charge in [0.25, 0.3) is 5.91 Å². The lowest BCUT2D eigenvalue weighted by Crippen LogP contribution is -2.34. The maximum absolute atomic E-state index is 12.6. The van der Waals surface area contributed by atoms with Crippen molar-refractivity contribution in [3.05, 3.63) is 23.8 Å². The molecule has 0 aliphatic carbocycles. The van der Waals surface area contributed by atoms with E-state index in [2.05, 4.69) is 4.74 Å². The number of aliphatic hydroxyl groups is 1. The number of ether oxygens (including phenoxy) is 3. The fourth-order valence-electron chi connectivity index (χ4n) is 2.06. The molecule has 7 heteroatoms. The van der Waals surface area contributed by atoms with Crippen molar-refractivity contribution in [1.82, 2.24) is 4.90 Å². The Hall–Kier alpha value is -2.28. The second-order valence-electron chi connectivity index (χ2n) is 4.77. The summed E-state index contributed by atoms with van der Waals surface area (Å²) in [6, 6.07) is 4.87. The average molecular weight is 325 g/mol. The fraction of sp³-hybridized carbons (Fsp3) is 0.500. The fourth-order valence-corrected chi connectivity index (χ4v) is 2.06. The van der Waals surface area contributed by atoms with Gasteiger partial charge in [0.2, 0.25) is 0 Å². The lowest BCUT2D eigenvalue weighted by molar-refractivity contribution is -0.140. The van der Waals surface area contributed by atoms with Gasteiger partial charge in [-0.15, -0.1) is 0 Å². The second kappa shape index (κ2) is 9.68. The van der Waals surface area contributed by atoms with Crippen molar-refractivity contribution >= 4 is 11.9 Å². The standard InChI is InChI=1S/C16H23NO6/c1-21-13-6-5-12(11-14(13)22-2)16(20)17(8-4-10-18)9-7-15(19)23-3/h5-6,11,18H,4,7-10H2,1-3H3. The van der Waals surface area contributed by atoms with Crippen LogP contribution >= 0.6 is 0 Å². The van der Waals surface area contributed by atoms with Gasteiger partial charge >= 0.3 is 5.97 Å². The number of hydrogen-bond donors (Lipinski definition) is 1. The van der Waals surface area contributed by atoms with E-state index in [4.69, 9.17) is 14.6 Å². The number of carbonyl (C=O) groups is 2. The van der Waals surface area contributed by atoms with Gasteiger partial charge in [-0.3, -0.25) is 9.59 Å². The number of hydrogen-bond acceptors (Lipinski definition) is 6. The minimum atomic E-state index is -0.390. The third kappa shape index (κ3) is 5.45. The van der Waals surface area contributed by atoms with Crippen molar-refractivity contribution in [2.75, 3.05) is 41.0 Å². The molecule has 0 unspecified atom stereocenters. The molecule has 1 rings (SSSR count). The normalized spacial score (nSPS) is 10.1. The molecule has 0 spiro atoms. The van der Waals surface area contributed by atoms with E-state index >= 15 is 0 Å². The molecule has 0 fully saturated rings. The van der Waals surface area contributed by atoms with E-state index in [1.807, 2.05) is 0 Å². The number of nitrogens with zero attached hydrogens (tertiary/aromatic N) is 1. The van der Waals surface area contributed by atoms with Crippen molar-refractivity contribution in [3.8, 4) is 11.5 Å². The van der Waals surface area contributed by atoms with E-state index in [9.17, 15) is 9.59 Å². The van der Waals surface area contributed by atoms with E-state index in [0.717, 1.165) is 0 Å². The monoisotopic (exact) mass is 325 g/mol. The van der Waals surface area contributed by atoms with E-state index in [1.54, 1.807) is 18.2 Å². The van der Waals surface area contributed by atoms with Crippen molar-refractivity contribution < 1.29 is 28.9 Å². The highest BCUT2D eigenvalue weighted by Crippen LogP contribution is 2.28. The van der Waals surface area contributed by atoms with Crippen LogP contribution in [0.1, 0.15) is 23.2 Å². The van der Waals surface area contributed by atoms with Gasteiger partial charge in [0, 0.05) is 25.3 Å². The van der Waals surface area contributed by atoms with Crippen molar-refractivity contribution in [3.63, 3.8) is 0 Å². The topological polar surface area (TPSA) is 85.3 Å². The Morgan fingerprint density at radius 2 is 1.78 bits per heavy atom. The molecule has 1 aromatic carbocycles. The molecule has 128 valence electrons. The molecular formula is C16H23NO6. The van der Waals surface area contributed by atoms with Crippen LogP contribution in [0.5, 0.6) is 11.5 Å². The lowest BCUT2D eigenvalue weighted by Gasteiger charge is -2.22. The lowest BCUT2D eigenvalue weighted by atomic mass is 10.1. The van der Waals surface area contributed by atoms with Crippen LogP contribution in [0.15, 0.2) is 18.2 Å². The molecule has 0 atom stereocenters. The third-order valence-electron chi connectivity index (χ3n) is 3.32. The van der Waals surface area contributed by atoms with E-state index in [1.165, 1.54) is 26.2 Å². The molecule has 0 aliphatic heterocycles. The quantitative estimate of drug-likeness (QED) is 0.684. The van der Waals surface area contributed by atoms with Crippen molar-refractivity contribution in [2.45, 2.75) is 12.8 Å². The first-order chi connectivity index (χ1) is 11.1. The van der Waals surface area contributed by atoms with E-state index in [0.29, 0.717) is 30.0 Å². The Kier molecular flexibility index (Phi) is 7.90. The van der Waals surface area contributed by atoms with E-state index in [-0.39, 0.29) is 31.4 Å². The number of rotatable bonds is 9. The summed E-state index contributed by atoms with van der Waals surface area (Å²) in [6.07, 6.45) is 0.529. The van der Waals surface area contributed by atoms with Crippen LogP contribution in [-0.2, 0) is 9.53 Å². The third-order valence-corrected chi connectivity index (χ3v) is 3.32. The molecule has 0 saturated carbocycles. The summed E-state index contributed by atoms with van der Waals surface area (Å²) in [5, 5.41) is 8.98. The summed E-state index contributed by atoms with van der Waals surface area (Å²) < 4.78 is 14.9. The maximum Gasteiger partial charge on any atom is 0.307 e. The zero-order chi connectivity index (χ0) is 17.2. The van der Waals surface area contributed by atoms with Gasteiger partial charge in [0.15, 0.2) is 11.5 Å². The molecule has 1 amide bonds. The number of amides is 1. The number of carbonyl (C=O) groups excluding carboxylic acids is 2.